The van der Waals surface area contributed by atoms with E-state index in [2.05, 4.69) is 14.9 Å². The Bertz CT molecular complexity index is 606. The number of rotatable bonds is 4. The molecule has 22 heavy (non-hydrogen) atoms. The Kier molecular flexibility index (Phi) is 4.63. The van der Waals surface area contributed by atoms with Crippen LogP contribution in [0.3, 0.4) is 0 Å². The number of piperidine rings is 1. The van der Waals surface area contributed by atoms with E-state index in [1.54, 1.807) is 24.5 Å². The van der Waals surface area contributed by atoms with Gasteiger partial charge in [-0.3, -0.25) is 4.98 Å². The van der Waals surface area contributed by atoms with Crippen molar-refractivity contribution in [1.82, 2.24) is 9.97 Å². The van der Waals surface area contributed by atoms with Crippen LogP contribution in [0, 0.1) is 11.7 Å². The SMILES string of the molecule is NCCC1CCN(c2cncc(-c3ccc(F)cc3)n2)CC1. The van der Waals surface area contributed by atoms with Crippen molar-refractivity contribution in [2.45, 2.75) is 19.3 Å². The lowest BCUT2D eigenvalue weighted by atomic mass is 9.94. The van der Waals surface area contributed by atoms with E-state index in [0.29, 0.717) is 0 Å². The lowest BCUT2D eigenvalue weighted by molar-refractivity contribution is 0.385. The molecule has 0 bridgehead atoms. The predicted octanol–water partition coefficient (Wildman–Crippen LogP) is 2.85. The van der Waals surface area contributed by atoms with E-state index in [4.69, 9.17) is 5.73 Å². The highest BCUT2D eigenvalue weighted by Gasteiger charge is 2.20. The first-order valence-electron chi connectivity index (χ1n) is 7.79. The van der Waals surface area contributed by atoms with Gasteiger partial charge in [0.05, 0.1) is 18.1 Å². The van der Waals surface area contributed by atoms with Crippen molar-refractivity contribution in [2.75, 3.05) is 24.5 Å². The fourth-order valence-electron chi connectivity index (χ4n) is 2.95. The fraction of sp³-hybridized carbons (Fsp3) is 0.412. The first kappa shape index (κ1) is 14.9. The summed E-state index contributed by atoms with van der Waals surface area (Å²) in [4.78, 5) is 11.3. The second-order valence-corrected chi connectivity index (χ2v) is 5.78. The van der Waals surface area contributed by atoms with Crippen molar-refractivity contribution in [1.29, 1.82) is 0 Å². The largest absolute Gasteiger partial charge is 0.355 e. The molecule has 2 aromatic rings. The van der Waals surface area contributed by atoms with Gasteiger partial charge in [-0.1, -0.05) is 0 Å². The lowest BCUT2D eigenvalue weighted by Crippen LogP contribution is -2.34. The molecule has 5 heteroatoms. The van der Waals surface area contributed by atoms with Crippen LogP contribution in [-0.4, -0.2) is 29.6 Å². The first-order valence-corrected chi connectivity index (χ1v) is 7.79. The van der Waals surface area contributed by atoms with Crippen LogP contribution in [0.15, 0.2) is 36.7 Å². The van der Waals surface area contributed by atoms with Crippen LogP contribution in [0.4, 0.5) is 10.2 Å². The average molecular weight is 300 g/mol. The molecule has 4 nitrogen and oxygen atoms in total. The molecule has 0 amide bonds. The Morgan fingerprint density at radius 1 is 1.14 bits per heavy atom. The summed E-state index contributed by atoms with van der Waals surface area (Å²) in [5.74, 6) is 1.39. The van der Waals surface area contributed by atoms with Crippen LogP contribution in [0.5, 0.6) is 0 Å². The quantitative estimate of drug-likeness (QED) is 0.943. The third kappa shape index (κ3) is 3.42. The topological polar surface area (TPSA) is 55.0 Å². The normalized spacial score (nSPS) is 16.0. The maximum Gasteiger partial charge on any atom is 0.147 e. The third-order valence-corrected chi connectivity index (χ3v) is 4.28. The highest BCUT2D eigenvalue weighted by Crippen LogP contribution is 2.25. The zero-order valence-corrected chi connectivity index (χ0v) is 12.6. The van der Waals surface area contributed by atoms with E-state index in [9.17, 15) is 4.39 Å². The number of benzene rings is 1. The van der Waals surface area contributed by atoms with Gasteiger partial charge in [0.15, 0.2) is 0 Å². The molecule has 0 radical (unpaired) electrons. The molecular weight excluding hydrogens is 279 g/mol. The second-order valence-electron chi connectivity index (χ2n) is 5.78. The molecule has 0 spiro atoms. The summed E-state index contributed by atoms with van der Waals surface area (Å²) in [5.41, 5.74) is 7.30. The molecule has 1 aliphatic rings. The number of hydrogen-bond donors (Lipinski definition) is 1. The summed E-state index contributed by atoms with van der Waals surface area (Å²) in [6.07, 6.45) is 6.93. The zero-order valence-electron chi connectivity index (χ0n) is 12.6. The maximum absolute atomic E-state index is 13.0. The maximum atomic E-state index is 13.0. The fourth-order valence-corrected chi connectivity index (χ4v) is 2.95. The predicted molar refractivity (Wildman–Crippen MR) is 86.0 cm³/mol. The number of aromatic nitrogens is 2. The third-order valence-electron chi connectivity index (χ3n) is 4.28. The molecule has 3 rings (SSSR count). The van der Waals surface area contributed by atoms with Crippen molar-refractivity contribution < 1.29 is 4.39 Å². The molecule has 0 unspecified atom stereocenters. The number of hydrogen-bond acceptors (Lipinski definition) is 4. The van der Waals surface area contributed by atoms with Crippen molar-refractivity contribution in [3.05, 3.63) is 42.5 Å². The van der Waals surface area contributed by atoms with Gasteiger partial charge in [-0.2, -0.15) is 0 Å². The molecular formula is C17H21FN4. The molecule has 1 aliphatic heterocycles. The molecule has 1 saturated heterocycles. The van der Waals surface area contributed by atoms with Gasteiger partial charge in [-0.15, -0.1) is 0 Å². The van der Waals surface area contributed by atoms with Crippen LogP contribution in [0.1, 0.15) is 19.3 Å². The Balaban J connectivity index is 1.73. The Hall–Kier alpha value is -2.01. The van der Waals surface area contributed by atoms with Gasteiger partial charge < -0.3 is 10.6 Å². The van der Waals surface area contributed by atoms with Crippen LogP contribution in [0.2, 0.25) is 0 Å². The molecule has 0 aliphatic carbocycles. The van der Waals surface area contributed by atoms with Gasteiger partial charge in [0, 0.05) is 18.7 Å². The Morgan fingerprint density at radius 3 is 2.55 bits per heavy atom. The van der Waals surface area contributed by atoms with Gasteiger partial charge in [-0.05, 0) is 56.0 Å². The highest BCUT2D eigenvalue weighted by atomic mass is 19.1. The van der Waals surface area contributed by atoms with Crippen molar-refractivity contribution in [2.24, 2.45) is 11.7 Å². The minimum Gasteiger partial charge on any atom is -0.355 e. The van der Waals surface area contributed by atoms with E-state index < -0.39 is 0 Å². The summed E-state index contributed by atoms with van der Waals surface area (Å²) in [5, 5.41) is 0. The van der Waals surface area contributed by atoms with E-state index in [-0.39, 0.29) is 5.82 Å². The molecule has 1 fully saturated rings. The van der Waals surface area contributed by atoms with Crippen LogP contribution < -0.4 is 10.6 Å². The lowest BCUT2D eigenvalue weighted by Gasteiger charge is -2.32. The Morgan fingerprint density at radius 2 is 1.86 bits per heavy atom. The summed E-state index contributed by atoms with van der Waals surface area (Å²) in [6, 6.07) is 6.36. The molecule has 2 N–H and O–H groups in total. The minimum absolute atomic E-state index is 0.241. The molecule has 2 heterocycles. The van der Waals surface area contributed by atoms with Crippen molar-refractivity contribution >= 4 is 5.82 Å². The summed E-state index contributed by atoms with van der Waals surface area (Å²) in [6.45, 7) is 2.75. The van der Waals surface area contributed by atoms with Gasteiger partial charge in [0.1, 0.15) is 11.6 Å². The first-order chi connectivity index (χ1) is 10.8. The zero-order chi connectivity index (χ0) is 15.4. The number of nitrogens with two attached hydrogens (primary N) is 1. The minimum atomic E-state index is -0.241. The monoisotopic (exact) mass is 300 g/mol. The Labute approximate surface area is 130 Å². The molecule has 0 saturated carbocycles. The number of nitrogens with zero attached hydrogens (tertiary/aromatic N) is 3. The van der Waals surface area contributed by atoms with E-state index in [1.165, 1.54) is 12.1 Å². The van der Waals surface area contributed by atoms with Crippen molar-refractivity contribution in [3.8, 4) is 11.3 Å². The molecule has 1 aromatic heterocycles. The van der Waals surface area contributed by atoms with Crippen LogP contribution >= 0.6 is 0 Å². The molecule has 116 valence electrons. The van der Waals surface area contributed by atoms with E-state index in [0.717, 1.165) is 61.9 Å². The van der Waals surface area contributed by atoms with Crippen LogP contribution in [-0.2, 0) is 0 Å². The standard InChI is InChI=1S/C17H21FN4/c18-15-3-1-14(2-4-15)16-11-20-12-17(21-16)22-9-6-13(5-8-19)7-10-22/h1-4,11-13H,5-10,19H2. The highest BCUT2D eigenvalue weighted by molar-refractivity contribution is 5.60. The van der Waals surface area contributed by atoms with E-state index >= 15 is 0 Å². The van der Waals surface area contributed by atoms with Gasteiger partial charge >= 0.3 is 0 Å². The summed E-state index contributed by atoms with van der Waals surface area (Å²) < 4.78 is 13.0. The molecule has 1 aromatic carbocycles. The van der Waals surface area contributed by atoms with Crippen LogP contribution in [0.25, 0.3) is 11.3 Å². The number of halogens is 1. The summed E-state index contributed by atoms with van der Waals surface area (Å²) in [7, 11) is 0. The van der Waals surface area contributed by atoms with Crippen molar-refractivity contribution in [3.63, 3.8) is 0 Å². The number of anilines is 1. The summed E-state index contributed by atoms with van der Waals surface area (Å²) >= 11 is 0. The average Bonchev–Trinajstić information content (AvgIpc) is 2.57. The van der Waals surface area contributed by atoms with Gasteiger partial charge in [-0.25, -0.2) is 9.37 Å². The van der Waals surface area contributed by atoms with E-state index in [1.807, 2.05) is 0 Å². The second kappa shape index (κ2) is 6.83. The smallest absolute Gasteiger partial charge is 0.147 e. The van der Waals surface area contributed by atoms with Gasteiger partial charge in [0.2, 0.25) is 0 Å². The molecule has 0 atom stereocenters. The van der Waals surface area contributed by atoms with Gasteiger partial charge in [0.25, 0.3) is 0 Å².